The first-order chi connectivity index (χ1) is 9.45. The number of benzene rings is 2. The van der Waals surface area contributed by atoms with E-state index in [9.17, 15) is 0 Å². The van der Waals surface area contributed by atoms with Gasteiger partial charge in [0, 0.05) is 10.0 Å². The van der Waals surface area contributed by atoms with Crippen LogP contribution in [0.15, 0.2) is 34.8 Å². The maximum Gasteiger partial charge on any atom is 0.127 e. The van der Waals surface area contributed by atoms with Gasteiger partial charge in [0.15, 0.2) is 0 Å². The van der Waals surface area contributed by atoms with Gasteiger partial charge in [-0.25, -0.2) is 0 Å². The van der Waals surface area contributed by atoms with Gasteiger partial charge in [-0.15, -0.1) is 11.6 Å². The highest BCUT2D eigenvalue weighted by Gasteiger charge is 2.21. The molecule has 0 aliphatic carbocycles. The lowest BCUT2D eigenvalue weighted by Crippen LogP contribution is -2.03. The van der Waals surface area contributed by atoms with E-state index in [0.29, 0.717) is 0 Å². The quantitative estimate of drug-likeness (QED) is 0.642. The van der Waals surface area contributed by atoms with E-state index in [0.717, 1.165) is 32.5 Å². The third kappa shape index (κ3) is 2.87. The Morgan fingerprint density at radius 1 is 1.10 bits per heavy atom. The Morgan fingerprint density at radius 3 is 2.25 bits per heavy atom. The lowest BCUT2D eigenvalue weighted by molar-refractivity contribution is 0.406. The molecule has 2 rings (SSSR count). The smallest absolute Gasteiger partial charge is 0.127 e. The van der Waals surface area contributed by atoms with E-state index in [1.807, 2.05) is 6.92 Å². The zero-order chi connectivity index (χ0) is 14.9. The molecule has 0 saturated carbocycles. The molecule has 1 nitrogen and oxygen atoms in total. The van der Waals surface area contributed by atoms with E-state index < -0.39 is 0 Å². The van der Waals surface area contributed by atoms with Crippen molar-refractivity contribution in [3.63, 3.8) is 0 Å². The fourth-order valence-electron chi connectivity index (χ4n) is 2.35. The maximum absolute atomic E-state index is 6.72. The summed E-state index contributed by atoms with van der Waals surface area (Å²) in [5, 5.41) is -0.221. The second-order valence-corrected chi connectivity index (χ2v) is 6.31. The van der Waals surface area contributed by atoms with Gasteiger partial charge in [-0.3, -0.25) is 0 Å². The average Bonchev–Trinajstić information content (AvgIpc) is 2.42. The summed E-state index contributed by atoms with van der Waals surface area (Å²) in [6.45, 7) is 6.17. The predicted molar refractivity (Wildman–Crippen MR) is 89.0 cm³/mol. The second kappa shape index (κ2) is 6.19. The summed E-state index contributed by atoms with van der Waals surface area (Å²) >= 11 is 10.3. The highest BCUT2D eigenvalue weighted by atomic mass is 79.9. The fraction of sp³-hybridized carbons (Fsp3) is 0.294. The van der Waals surface area contributed by atoms with E-state index in [1.165, 1.54) is 5.56 Å². The number of ether oxygens (including phenoxy) is 1. The Labute approximate surface area is 134 Å². The molecule has 1 unspecified atom stereocenters. The first-order valence-electron chi connectivity index (χ1n) is 6.50. The number of hydrogen-bond donors (Lipinski definition) is 0. The van der Waals surface area contributed by atoms with Crippen LogP contribution >= 0.6 is 27.5 Å². The van der Waals surface area contributed by atoms with Crippen molar-refractivity contribution in [3.8, 4) is 5.75 Å². The van der Waals surface area contributed by atoms with Crippen molar-refractivity contribution in [2.45, 2.75) is 26.1 Å². The van der Waals surface area contributed by atoms with Gasteiger partial charge in [0.25, 0.3) is 0 Å². The molecule has 0 fully saturated rings. The van der Waals surface area contributed by atoms with E-state index >= 15 is 0 Å². The third-order valence-corrected chi connectivity index (χ3v) is 4.83. The molecule has 20 heavy (non-hydrogen) atoms. The molecular formula is C17H18BrClO. The molecular weight excluding hydrogens is 336 g/mol. The Balaban J connectivity index is 2.58. The Bertz CT molecular complexity index is 620. The number of alkyl halides is 1. The highest BCUT2D eigenvalue weighted by Crippen LogP contribution is 2.41. The minimum absolute atomic E-state index is 0.221. The summed E-state index contributed by atoms with van der Waals surface area (Å²) in [6, 6.07) is 10.4. The molecule has 0 aliphatic rings. The van der Waals surface area contributed by atoms with Gasteiger partial charge >= 0.3 is 0 Å². The van der Waals surface area contributed by atoms with Gasteiger partial charge < -0.3 is 4.74 Å². The average molecular weight is 354 g/mol. The van der Waals surface area contributed by atoms with E-state index in [-0.39, 0.29) is 5.38 Å². The Hall–Kier alpha value is -0.990. The van der Waals surface area contributed by atoms with Crippen LogP contribution in [0.1, 0.15) is 33.2 Å². The minimum atomic E-state index is -0.221. The SMILES string of the molecule is COc1c(C)cc(Br)c(C)c1C(Cl)c1ccc(C)cc1. The summed E-state index contributed by atoms with van der Waals surface area (Å²) in [5.41, 5.74) is 5.54. The molecule has 0 bridgehead atoms. The molecule has 0 aliphatic heterocycles. The van der Waals surface area contributed by atoms with Crippen molar-refractivity contribution < 1.29 is 4.74 Å². The lowest BCUT2D eigenvalue weighted by atomic mass is 9.96. The number of halogens is 2. The van der Waals surface area contributed by atoms with E-state index in [1.54, 1.807) is 7.11 Å². The van der Waals surface area contributed by atoms with Crippen LogP contribution in [-0.4, -0.2) is 7.11 Å². The Kier molecular flexibility index (Phi) is 4.77. The zero-order valence-electron chi connectivity index (χ0n) is 12.1. The van der Waals surface area contributed by atoms with Crippen molar-refractivity contribution in [2.75, 3.05) is 7.11 Å². The van der Waals surface area contributed by atoms with E-state index in [2.05, 4.69) is 60.1 Å². The topological polar surface area (TPSA) is 9.23 Å². The predicted octanol–water partition coefficient (Wildman–Crippen LogP) is 5.71. The van der Waals surface area contributed by atoms with Gasteiger partial charge in [0.2, 0.25) is 0 Å². The number of hydrogen-bond acceptors (Lipinski definition) is 1. The standard InChI is InChI=1S/C17H18BrClO/c1-10-5-7-13(8-6-10)16(19)15-12(3)14(18)9-11(2)17(15)20-4/h5-9,16H,1-4H3. The minimum Gasteiger partial charge on any atom is -0.496 e. The van der Waals surface area contributed by atoms with Crippen LogP contribution in [0.4, 0.5) is 0 Å². The van der Waals surface area contributed by atoms with Crippen LogP contribution in [0.5, 0.6) is 5.75 Å². The Morgan fingerprint density at radius 2 is 1.70 bits per heavy atom. The summed E-state index contributed by atoms with van der Waals surface area (Å²) in [4.78, 5) is 0. The van der Waals surface area contributed by atoms with Crippen LogP contribution in [0, 0.1) is 20.8 Å². The molecule has 2 aromatic carbocycles. The van der Waals surface area contributed by atoms with Crippen molar-refractivity contribution in [3.05, 3.63) is 62.6 Å². The largest absolute Gasteiger partial charge is 0.496 e. The molecule has 0 amide bonds. The van der Waals surface area contributed by atoms with Gasteiger partial charge in [0.05, 0.1) is 12.5 Å². The van der Waals surface area contributed by atoms with Crippen molar-refractivity contribution >= 4 is 27.5 Å². The van der Waals surface area contributed by atoms with Gasteiger partial charge in [-0.2, -0.15) is 0 Å². The molecule has 1 atom stereocenters. The molecule has 0 spiro atoms. The molecule has 3 heteroatoms. The fourth-order valence-corrected chi connectivity index (χ4v) is 3.32. The van der Waals surface area contributed by atoms with Crippen molar-refractivity contribution in [1.82, 2.24) is 0 Å². The number of methoxy groups -OCH3 is 1. The summed E-state index contributed by atoms with van der Waals surface area (Å²) < 4.78 is 6.63. The van der Waals surface area contributed by atoms with Crippen LogP contribution in [0.25, 0.3) is 0 Å². The maximum atomic E-state index is 6.72. The normalized spacial score (nSPS) is 12.3. The molecule has 0 heterocycles. The molecule has 0 aromatic heterocycles. The molecule has 0 N–H and O–H groups in total. The second-order valence-electron chi connectivity index (χ2n) is 5.02. The first-order valence-corrected chi connectivity index (χ1v) is 7.73. The summed E-state index contributed by atoms with van der Waals surface area (Å²) in [6.07, 6.45) is 0. The van der Waals surface area contributed by atoms with E-state index in [4.69, 9.17) is 16.3 Å². The van der Waals surface area contributed by atoms with Crippen molar-refractivity contribution in [2.24, 2.45) is 0 Å². The molecule has 0 radical (unpaired) electrons. The molecule has 2 aromatic rings. The molecule has 0 saturated heterocycles. The summed E-state index contributed by atoms with van der Waals surface area (Å²) in [7, 11) is 1.69. The zero-order valence-corrected chi connectivity index (χ0v) is 14.5. The van der Waals surface area contributed by atoms with Gasteiger partial charge in [-0.1, -0.05) is 45.8 Å². The van der Waals surface area contributed by atoms with Crippen LogP contribution < -0.4 is 4.74 Å². The van der Waals surface area contributed by atoms with Crippen LogP contribution in [-0.2, 0) is 0 Å². The van der Waals surface area contributed by atoms with Gasteiger partial charge in [0.1, 0.15) is 5.75 Å². The third-order valence-electron chi connectivity index (χ3n) is 3.54. The van der Waals surface area contributed by atoms with Crippen LogP contribution in [0.3, 0.4) is 0 Å². The molecule has 106 valence electrons. The number of aryl methyl sites for hydroxylation is 2. The first kappa shape index (κ1) is 15.4. The number of rotatable bonds is 3. The van der Waals surface area contributed by atoms with Crippen LogP contribution in [0.2, 0.25) is 0 Å². The lowest BCUT2D eigenvalue weighted by Gasteiger charge is -2.20. The highest BCUT2D eigenvalue weighted by molar-refractivity contribution is 9.10. The van der Waals surface area contributed by atoms with Gasteiger partial charge in [-0.05, 0) is 43.5 Å². The summed E-state index contributed by atoms with van der Waals surface area (Å²) in [5.74, 6) is 0.867. The monoisotopic (exact) mass is 352 g/mol. The van der Waals surface area contributed by atoms with Crippen molar-refractivity contribution in [1.29, 1.82) is 0 Å².